The third-order valence-corrected chi connectivity index (χ3v) is 5.74. The van der Waals surface area contributed by atoms with Crippen molar-refractivity contribution in [1.29, 1.82) is 0 Å². The molecule has 1 atom stereocenters. The van der Waals surface area contributed by atoms with Gasteiger partial charge in [0.15, 0.2) is 9.84 Å². The molecule has 1 N–H and O–H groups in total. The second-order valence-electron chi connectivity index (χ2n) is 5.32. The van der Waals surface area contributed by atoms with Crippen LogP contribution in [0.2, 0.25) is 0 Å². The van der Waals surface area contributed by atoms with Crippen LogP contribution < -0.4 is 5.32 Å². The number of hydrogen-bond donors (Lipinski definition) is 1. The Morgan fingerprint density at radius 1 is 1.19 bits per heavy atom. The lowest BCUT2D eigenvalue weighted by Crippen LogP contribution is -2.30. The maximum atomic E-state index is 11.8. The predicted octanol–water partition coefficient (Wildman–Crippen LogP) is 2.37. The van der Waals surface area contributed by atoms with Gasteiger partial charge in [-0.15, -0.1) is 0 Å². The van der Waals surface area contributed by atoms with Crippen molar-refractivity contribution in [2.45, 2.75) is 64.2 Å². The van der Waals surface area contributed by atoms with Crippen molar-refractivity contribution < 1.29 is 8.42 Å². The van der Waals surface area contributed by atoms with Gasteiger partial charge in [-0.3, -0.25) is 0 Å². The zero-order valence-electron chi connectivity index (χ0n) is 11.3. The van der Waals surface area contributed by atoms with Gasteiger partial charge in [0, 0.05) is 6.04 Å². The first-order chi connectivity index (χ1) is 7.24. The van der Waals surface area contributed by atoms with Gasteiger partial charge in [-0.05, 0) is 47.1 Å². The van der Waals surface area contributed by atoms with E-state index in [1.54, 1.807) is 20.8 Å². The van der Waals surface area contributed by atoms with Gasteiger partial charge in [0.2, 0.25) is 0 Å². The molecule has 0 aliphatic heterocycles. The van der Waals surface area contributed by atoms with Gasteiger partial charge in [-0.2, -0.15) is 0 Å². The van der Waals surface area contributed by atoms with E-state index in [9.17, 15) is 8.42 Å². The maximum Gasteiger partial charge on any atom is 0.155 e. The lowest BCUT2D eigenvalue weighted by Gasteiger charge is -2.19. The second-order valence-corrected chi connectivity index (χ2v) is 8.18. The van der Waals surface area contributed by atoms with E-state index in [4.69, 9.17) is 0 Å². The first-order valence-corrected chi connectivity index (χ1v) is 7.79. The molecule has 4 heteroatoms. The van der Waals surface area contributed by atoms with Crippen LogP contribution in [0.25, 0.3) is 0 Å². The molecule has 0 aromatic rings. The van der Waals surface area contributed by atoms with Crippen LogP contribution in [0.4, 0.5) is 0 Å². The maximum absolute atomic E-state index is 11.8. The Hall–Kier alpha value is -0.0900. The standard InChI is InChI=1S/C12H27NO2S/c1-6-11(13-5)9-7-8-10-16(14,15)12(2,3)4/h11,13H,6-10H2,1-5H3. The third-order valence-electron chi connectivity index (χ3n) is 3.05. The minimum absolute atomic E-state index is 0.316. The van der Waals surface area contributed by atoms with Crippen molar-refractivity contribution in [2.24, 2.45) is 0 Å². The van der Waals surface area contributed by atoms with Gasteiger partial charge in [-0.1, -0.05) is 13.3 Å². The molecule has 1 unspecified atom stereocenters. The second kappa shape index (κ2) is 6.60. The molecule has 0 spiro atoms. The van der Waals surface area contributed by atoms with Crippen LogP contribution in [0.5, 0.6) is 0 Å². The van der Waals surface area contributed by atoms with Crippen molar-refractivity contribution >= 4 is 9.84 Å². The topological polar surface area (TPSA) is 46.2 Å². The number of unbranched alkanes of at least 4 members (excludes halogenated alkanes) is 1. The summed E-state index contributed by atoms with van der Waals surface area (Å²) in [5.41, 5.74) is 0. The molecule has 3 nitrogen and oxygen atoms in total. The quantitative estimate of drug-likeness (QED) is 0.705. The van der Waals surface area contributed by atoms with Gasteiger partial charge < -0.3 is 5.32 Å². The Labute approximate surface area is 101 Å². The van der Waals surface area contributed by atoms with Crippen molar-refractivity contribution in [3.05, 3.63) is 0 Å². The third kappa shape index (κ3) is 5.30. The van der Waals surface area contributed by atoms with Gasteiger partial charge in [0.05, 0.1) is 10.5 Å². The predicted molar refractivity (Wildman–Crippen MR) is 70.5 cm³/mol. The molecule has 0 amide bonds. The van der Waals surface area contributed by atoms with Crippen LogP contribution in [0, 0.1) is 0 Å². The normalized spacial score (nSPS) is 15.1. The van der Waals surface area contributed by atoms with Gasteiger partial charge in [-0.25, -0.2) is 8.42 Å². The summed E-state index contributed by atoms with van der Waals surface area (Å²) in [5.74, 6) is 0.316. The molecule has 0 saturated carbocycles. The summed E-state index contributed by atoms with van der Waals surface area (Å²) < 4.78 is 23.0. The van der Waals surface area contributed by atoms with Crippen LogP contribution in [-0.2, 0) is 9.84 Å². The fourth-order valence-corrected chi connectivity index (χ4v) is 2.74. The smallest absolute Gasteiger partial charge is 0.155 e. The Morgan fingerprint density at radius 2 is 1.75 bits per heavy atom. The molecule has 0 saturated heterocycles. The summed E-state index contributed by atoms with van der Waals surface area (Å²) in [5, 5.41) is 3.23. The van der Waals surface area contributed by atoms with Gasteiger partial charge in [0.25, 0.3) is 0 Å². The SMILES string of the molecule is CCC(CCCCS(=O)(=O)C(C)(C)C)NC. The molecule has 0 bridgehead atoms. The Balaban J connectivity index is 3.92. The highest BCUT2D eigenvalue weighted by Crippen LogP contribution is 2.18. The number of hydrogen-bond acceptors (Lipinski definition) is 3. The van der Waals surface area contributed by atoms with E-state index in [-0.39, 0.29) is 0 Å². The summed E-state index contributed by atoms with van der Waals surface area (Å²) in [4.78, 5) is 0. The minimum Gasteiger partial charge on any atom is -0.317 e. The van der Waals surface area contributed by atoms with Crippen LogP contribution in [0.3, 0.4) is 0 Å². The van der Waals surface area contributed by atoms with Gasteiger partial charge in [0.1, 0.15) is 0 Å². The zero-order chi connectivity index (χ0) is 12.8. The fraction of sp³-hybridized carbons (Fsp3) is 1.00. The van der Waals surface area contributed by atoms with E-state index >= 15 is 0 Å². The van der Waals surface area contributed by atoms with E-state index in [2.05, 4.69) is 12.2 Å². The molecule has 98 valence electrons. The van der Waals surface area contributed by atoms with Crippen LogP contribution in [0.15, 0.2) is 0 Å². The number of sulfone groups is 1. The van der Waals surface area contributed by atoms with E-state index < -0.39 is 14.6 Å². The molecule has 0 rings (SSSR count). The molecule has 0 aromatic carbocycles. The van der Waals surface area contributed by atoms with E-state index in [0.29, 0.717) is 11.8 Å². The average Bonchev–Trinajstić information content (AvgIpc) is 2.16. The molecule has 0 heterocycles. The van der Waals surface area contributed by atoms with Crippen molar-refractivity contribution in [3.63, 3.8) is 0 Å². The summed E-state index contributed by atoms with van der Waals surface area (Å²) in [6.45, 7) is 7.45. The van der Waals surface area contributed by atoms with E-state index in [1.165, 1.54) is 0 Å². The Morgan fingerprint density at radius 3 is 2.12 bits per heavy atom. The monoisotopic (exact) mass is 249 g/mol. The summed E-state index contributed by atoms with van der Waals surface area (Å²) in [6, 6.07) is 0.525. The average molecular weight is 249 g/mol. The van der Waals surface area contributed by atoms with Gasteiger partial charge >= 0.3 is 0 Å². The van der Waals surface area contributed by atoms with E-state index in [1.807, 2.05) is 7.05 Å². The first kappa shape index (κ1) is 15.9. The largest absolute Gasteiger partial charge is 0.317 e. The number of rotatable bonds is 7. The number of nitrogens with one attached hydrogen (secondary N) is 1. The highest BCUT2D eigenvalue weighted by Gasteiger charge is 2.27. The Bertz CT molecular complexity index is 274. The van der Waals surface area contributed by atoms with E-state index in [0.717, 1.165) is 25.7 Å². The molecule has 0 radical (unpaired) electrons. The minimum atomic E-state index is -2.93. The molecule has 0 fully saturated rings. The zero-order valence-corrected chi connectivity index (χ0v) is 12.2. The van der Waals surface area contributed by atoms with Crippen molar-refractivity contribution in [2.75, 3.05) is 12.8 Å². The summed E-state index contributed by atoms with van der Waals surface area (Å²) in [7, 11) is -0.971. The summed E-state index contributed by atoms with van der Waals surface area (Å²) >= 11 is 0. The van der Waals surface area contributed by atoms with Crippen LogP contribution in [0.1, 0.15) is 53.4 Å². The Kier molecular flexibility index (Phi) is 6.56. The highest BCUT2D eigenvalue weighted by molar-refractivity contribution is 7.92. The fourth-order valence-electron chi connectivity index (χ4n) is 1.54. The lowest BCUT2D eigenvalue weighted by molar-refractivity contribution is 0.486. The van der Waals surface area contributed by atoms with Crippen LogP contribution in [-0.4, -0.2) is 32.0 Å². The summed E-state index contributed by atoms with van der Waals surface area (Å²) in [6.07, 6.45) is 3.92. The van der Waals surface area contributed by atoms with Crippen molar-refractivity contribution in [3.8, 4) is 0 Å². The molecular weight excluding hydrogens is 222 g/mol. The molecule has 0 aromatic heterocycles. The lowest BCUT2D eigenvalue weighted by atomic mass is 10.1. The van der Waals surface area contributed by atoms with Crippen molar-refractivity contribution in [1.82, 2.24) is 5.32 Å². The highest BCUT2D eigenvalue weighted by atomic mass is 32.2. The first-order valence-electron chi connectivity index (χ1n) is 6.14. The molecular formula is C12H27NO2S. The molecule has 0 aliphatic carbocycles. The molecule has 0 aliphatic rings. The molecule has 16 heavy (non-hydrogen) atoms. The van der Waals surface area contributed by atoms with Crippen LogP contribution >= 0.6 is 0 Å².